The quantitative estimate of drug-likeness (QED) is 0.301. The second-order valence-electron chi connectivity index (χ2n) is 8.84. The van der Waals surface area contributed by atoms with Crippen molar-refractivity contribution in [1.29, 1.82) is 0 Å². The molecule has 3 aromatic carbocycles. The minimum atomic E-state index is -0.408. The third kappa shape index (κ3) is 5.83. The maximum absolute atomic E-state index is 13.5. The van der Waals surface area contributed by atoms with Gasteiger partial charge in [-0.05, 0) is 61.4 Å². The van der Waals surface area contributed by atoms with Crippen molar-refractivity contribution >= 4 is 69.1 Å². The fourth-order valence-electron chi connectivity index (χ4n) is 4.44. The summed E-state index contributed by atoms with van der Waals surface area (Å²) >= 11 is 13.7. The molecule has 0 spiro atoms. The van der Waals surface area contributed by atoms with E-state index in [1.807, 2.05) is 61.5 Å². The van der Waals surface area contributed by atoms with Gasteiger partial charge in [-0.15, -0.1) is 0 Å². The van der Waals surface area contributed by atoms with E-state index in [0.717, 1.165) is 35.1 Å². The highest BCUT2D eigenvalue weighted by atomic mass is 35.5. The van der Waals surface area contributed by atoms with Crippen molar-refractivity contribution in [2.45, 2.75) is 19.4 Å². The van der Waals surface area contributed by atoms with Crippen LogP contribution in [-0.4, -0.2) is 34.3 Å². The van der Waals surface area contributed by atoms with Crippen molar-refractivity contribution in [2.75, 3.05) is 28.2 Å². The Morgan fingerprint density at radius 1 is 0.895 bits per heavy atom. The maximum atomic E-state index is 13.5. The average molecular weight is 567 g/mol. The van der Waals surface area contributed by atoms with Crippen LogP contribution in [0.3, 0.4) is 0 Å². The lowest BCUT2D eigenvalue weighted by Gasteiger charge is -2.40. The Morgan fingerprint density at radius 3 is 2.32 bits per heavy atom. The minimum absolute atomic E-state index is 0.180. The van der Waals surface area contributed by atoms with Crippen molar-refractivity contribution in [3.63, 3.8) is 0 Å². The summed E-state index contributed by atoms with van der Waals surface area (Å²) in [5.41, 5.74) is 4.12. The first-order valence-electron chi connectivity index (χ1n) is 12.1. The number of carbonyl (C=O) groups excluding carboxylic acids is 2. The van der Waals surface area contributed by atoms with Gasteiger partial charge in [0.25, 0.3) is 5.91 Å². The molecule has 1 fully saturated rings. The van der Waals surface area contributed by atoms with Gasteiger partial charge in [0, 0.05) is 29.4 Å². The smallest absolute Gasteiger partial charge is 0.323 e. The summed E-state index contributed by atoms with van der Waals surface area (Å²) in [7, 11) is 0. The number of amides is 3. The number of rotatable bonds is 5. The number of carbonyl (C=O) groups is 2. The number of nitrogens with zero attached hydrogens (tertiary/aromatic N) is 2. The number of anilines is 3. The maximum Gasteiger partial charge on any atom is 0.323 e. The number of hydrogen-bond donors (Lipinski definition) is 3. The molecule has 2 heterocycles. The van der Waals surface area contributed by atoms with Crippen molar-refractivity contribution in [3.05, 3.63) is 99.7 Å². The lowest BCUT2D eigenvalue weighted by Crippen LogP contribution is -2.43. The van der Waals surface area contributed by atoms with Crippen molar-refractivity contribution in [2.24, 2.45) is 4.99 Å². The summed E-state index contributed by atoms with van der Waals surface area (Å²) in [6.07, 6.45) is 1.00. The molecule has 0 bridgehead atoms. The summed E-state index contributed by atoms with van der Waals surface area (Å²) in [5.74, 6) is 0.817. The average Bonchev–Trinajstić information content (AvgIpc) is 2.91. The standard InChI is InChI=1S/C28H25Cl2N5O2S/c1-17-24(26(36)32-19-6-3-2-4-7-19)25(35-14-5-15-38-28(35)31-17)18-8-10-20(11-9-18)33-27(37)34-21-12-13-22(29)23(30)16-21/h2-4,6-13,16,25H,5,14-15H2,1H3,(H,32,36)(H2,33,34,37). The molecule has 0 saturated carbocycles. The Labute approximate surface area is 235 Å². The predicted molar refractivity (Wildman–Crippen MR) is 157 cm³/mol. The molecule has 194 valence electrons. The van der Waals surface area contributed by atoms with E-state index in [1.165, 1.54) is 0 Å². The third-order valence-corrected chi connectivity index (χ3v) is 8.01. The van der Waals surface area contributed by atoms with Gasteiger partial charge in [0.05, 0.1) is 27.4 Å². The summed E-state index contributed by atoms with van der Waals surface area (Å²) in [6.45, 7) is 2.69. The molecular weight excluding hydrogens is 541 g/mol. The van der Waals surface area contributed by atoms with Crippen LogP contribution in [-0.2, 0) is 4.79 Å². The van der Waals surface area contributed by atoms with Crippen LogP contribution in [0.2, 0.25) is 10.0 Å². The fraction of sp³-hybridized carbons (Fsp3) is 0.179. The first-order chi connectivity index (χ1) is 18.4. The summed E-state index contributed by atoms with van der Waals surface area (Å²) in [4.78, 5) is 33.0. The van der Waals surface area contributed by atoms with Crippen molar-refractivity contribution in [1.82, 2.24) is 4.90 Å². The molecule has 1 saturated heterocycles. The molecule has 3 aromatic rings. The normalized spacial score (nSPS) is 16.9. The van der Waals surface area contributed by atoms with Gasteiger partial charge in [-0.2, -0.15) is 0 Å². The molecule has 38 heavy (non-hydrogen) atoms. The van der Waals surface area contributed by atoms with Crippen LogP contribution >= 0.6 is 35.0 Å². The van der Waals surface area contributed by atoms with E-state index < -0.39 is 6.03 Å². The zero-order valence-electron chi connectivity index (χ0n) is 20.5. The minimum Gasteiger partial charge on any atom is -0.340 e. The van der Waals surface area contributed by atoms with Crippen LogP contribution in [0, 0.1) is 0 Å². The van der Waals surface area contributed by atoms with Crippen LogP contribution in [0.4, 0.5) is 21.9 Å². The van der Waals surface area contributed by atoms with E-state index in [1.54, 1.807) is 30.0 Å². The van der Waals surface area contributed by atoms with Gasteiger partial charge in [-0.25, -0.2) is 9.79 Å². The number of aliphatic imine (C=N–C) groups is 1. The molecule has 7 nitrogen and oxygen atoms in total. The first kappa shape index (κ1) is 26.2. The summed E-state index contributed by atoms with van der Waals surface area (Å²) in [6, 6.07) is 21.1. The number of amidine groups is 1. The Morgan fingerprint density at radius 2 is 1.58 bits per heavy atom. The molecule has 0 aliphatic carbocycles. The predicted octanol–water partition coefficient (Wildman–Crippen LogP) is 7.40. The van der Waals surface area contributed by atoms with E-state index >= 15 is 0 Å². The Balaban J connectivity index is 1.37. The Kier molecular flexibility index (Phi) is 7.93. The molecule has 1 unspecified atom stereocenters. The SMILES string of the molecule is CC1=C(C(=O)Nc2ccccc2)C(c2ccc(NC(=O)Nc3ccc(Cl)c(Cl)c3)cc2)N2CCCSC2=N1. The van der Waals surface area contributed by atoms with Gasteiger partial charge >= 0.3 is 6.03 Å². The molecule has 1 atom stereocenters. The lowest BCUT2D eigenvalue weighted by atomic mass is 9.93. The van der Waals surface area contributed by atoms with Gasteiger partial charge in [0.1, 0.15) is 0 Å². The highest BCUT2D eigenvalue weighted by Gasteiger charge is 2.37. The monoisotopic (exact) mass is 565 g/mol. The number of para-hydroxylation sites is 1. The molecule has 5 rings (SSSR count). The zero-order chi connectivity index (χ0) is 26.6. The Hall–Kier alpha value is -3.46. The number of halogens is 2. The topological polar surface area (TPSA) is 85.8 Å². The molecular formula is C28H25Cl2N5O2S. The molecule has 0 radical (unpaired) electrons. The highest BCUT2D eigenvalue weighted by Crippen LogP contribution is 2.40. The van der Waals surface area contributed by atoms with Gasteiger partial charge in [-0.1, -0.05) is 65.3 Å². The second kappa shape index (κ2) is 11.5. The van der Waals surface area contributed by atoms with E-state index in [0.29, 0.717) is 32.7 Å². The molecule has 3 N–H and O–H groups in total. The van der Waals surface area contributed by atoms with E-state index in [-0.39, 0.29) is 11.9 Å². The molecule has 2 aliphatic rings. The zero-order valence-corrected chi connectivity index (χ0v) is 22.8. The number of nitrogens with one attached hydrogen (secondary N) is 3. The first-order valence-corrected chi connectivity index (χ1v) is 13.8. The van der Waals surface area contributed by atoms with Gasteiger partial charge in [0.15, 0.2) is 5.17 Å². The number of fused-ring (bicyclic) bond motifs is 1. The number of urea groups is 1. The van der Waals surface area contributed by atoms with Gasteiger partial charge in [0.2, 0.25) is 0 Å². The number of allylic oxidation sites excluding steroid dienone is 1. The largest absolute Gasteiger partial charge is 0.340 e. The molecule has 2 aliphatic heterocycles. The molecule has 3 amide bonds. The van der Waals surface area contributed by atoms with Crippen LogP contribution in [0.25, 0.3) is 0 Å². The summed E-state index contributed by atoms with van der Waals surface area (Å²) in [5, 5.41) is 10.3. The second-order valence-corrected chi connectivity index (χ2v) is 10.7. The van der Waals surface area contributed by atoms with E-state index in [9.17, 15) is 9.59 Å². The Bertz CT molecular complexity index is 1430. The van der Waals surface area contributed by atoms with Gasteiger partial charge < -0.3 is 20.9 Å². The van der Waals surface area contributed by atoms with Crippen LogP contribution < -0.4 is 16.0 Å². The number of hydrogen-bond acceptors (Lipinski definition) is 5. The molecule has 10 heteroatoms. The van der Waals surface area contributed by atoms with Crippen LogP contribution in [0.1, 0.15) is 24.9 Å². The lowest BCUT2D eigenvalue weighted by molar-refractivity contribution is -0.113. The van der Waals surface area contributed by atoms with E-state index in [4.69, 9.17) is 28.2 Å². The third-order valence-electron chi connectivity index (χ3n) is 6.20. The fourth-order valence-corrected chi connectivity index (χ4v) is 5.76. The highest BCUT2D eigenvalue weighted by molar-refractivity contribution is 8.13. The summed E-state index contributed by atoms with van der Waals surface area (Å²) < 4.78 is 0. The molecule has 0 aromatic heterocycles. The number of thioether (sulfide) groups is 1. The van der Waals surface area contributed by atoms with Crippen molar-refractivity contribution in [3.8, 4) is 0 Å². The van der Waals surface area contributed by atoms with Crippen LogP contribution in [0.5, 0.6) is 0 Å². The number of benzene rings is 3. The van der Waals surface area contributed by atoms with Crippen molar-refractivity contribution < 1.29 is 9.59 Å². The van der Waals surface area contributed by atoms with Gasteiger partial charge in [-0.3, -0.25) is 4.79 Å². The van der Waals surface area contributed by atoms with E-state index in [2.05, 4.69) is 20.9 Å². The van der Waals surface area contributed by atoms with Crippen LogP contribution in [0.15, 0.2) is 89.1 Å².